The van der Waals surface area contributed by atoms with Crippen molar-refractivity contribution in [1.82, 2.24) is 34.6 Å². The number of piperazine rings is 1. The smallest absolute Gasteiger partial charge is 0.274 e. The number of carbonyl (C=O) groups excluding carboxylic acids is 2. The Morgan fingerprint density at radius 3 is 2.43 bits per heavy atom. The summed E-state index contributed by atoms with van der Waals surface area (Å²) in [6.07, 6.45) is 3.16. The number of carbonyl (C=O) groups is 2. The Kier molecular flexibility index (Phi) is 6.18. The molecule has 10 heteroatoms. The first-order valence-electron chi connectivity index (χ1n) is 12.2. The Labute approximate surface area is 213 Å². The molecule has 0 saturated carbocycles. The summed E-state index contributed by atoms with van der Waals surface area (Å²) in [6, 6.07) is 11.4. The van der Waals surface area contributed by atoms with Crippen LogP contribution in [0.5, 0.6) is 0 Å². The summed E-state index contributed by atoms with van der Waals surface area (Å²) in [5.41, 5.74) is 2.93. The van der Waals surface area contributed by atoms with Crippen LogP contribution in [0.2, 0.25) is 0 Å². The van der Waals surface area contributed by atoms with Gasteiger partial charge < -0.3 is 9.80 Å². The maximum Gasteiger partial charge on any atom is 0.274 e. The van der Waals surface area contributed by atoms with Gasteiger partial charge in [0.15, 0.2) is 11.3 Å². The Balaban J connectivity index is 1.44. The minimum atomic E-state index is -0.628. The molecular formula is C27H28FN7O2. The molecule has 4 aromatic rings. The highest BCUT2D eigenvalue weighted by molar-refractivity contribution is 5.95. The van der Waals surface area contributed by atoms with Crippen LogP contribution in [0.1, 0.15) is 60.2 Å². The molecule has 3 aromatic heterocycles. The van der Waals surface area contributed by atoms with E-state index in [2.05, 4.69) is 34.1 Å². The lowest BCUT2D eigenvalue weighted by molar-refractivity contribution is 0.0162. The van der Waals surface area contributed by atoms with Gasteiger partial charge >= 0.3 is 0 Å². The number of fused-ring (bicyclic) bond motifs is 1. The molecular weight excluding hydrogens is 473 g/mol. The predicted molar refractivity (Wildman–Crippen MR) is 136 cm³/mol. The summed E-state index contributed by atoms with van der Waals surface area (Å²) in [5.74, 6) is -0.618. The molecule has 5 rings (SSSR count). The third kappa shape index (κ3) is 4.66. The van der Waals surface area contributed by atoms with Crippen LogP contribution in [0.3, 0.4) is 0 Å². The average molecular weight is 502 g/mol. The second kappa shape index (κ2) is 9.34. The number of nitrogens with zero attached hydrogens (tertiary/aromatic N) is 7. The molecule has 0 unspecified atom stereocenters. The predicted octanol–water partition coefficient (Wildman–Crippen LogP) is 3.83. The molecule has 4 heterocycles. The van der Waals surface area contributed by atoms with E-state index in [-0.39, 0.29) is 34.9 Å². The highest BCUT2D eigenvalue weighted by Crippen LogP contribution is 2.28. The van der Waals surface area contributed by atoms with Crippen LogP contribution in [0, 0.1) is 5.82 Å². The molecule has 1 saturated heterocycles. The van der Waals surface area contributed by atoms with Crippen molar-refractivity contribution < 1.29 is 14.0 Å². The Morgan fingerprint density at radius 1 is 1.03 bits per heavy atom. The van der Waals surface area contributed by atoms with Gasteiger partial charge in [0, 0.05) is 37.0 Å². The zero-order valence-corrected chi connectivity index (χ0v) is 21.2. The van der Waals surface area contributed by atoms with Gasteiger partial charge in [0.1, 0.15) is 11.5 Å². The van der Waals surface area contributed by atoms with E-state index in [1.165, 1.54) is 18.3 Å². The lowest BCUT2D eigenvalue weighted by Crippen LogP contribution is -2.62. The van der Waals surface area contributed by atoms with Crippen molar-refractivity contribution in [3.63, 3.8) is 0 Å². The molecule has 0 radical (unpaired) electrons. The van der Waals surface area contributed by atoms with Crippen LogP contribution in [0.4, 0.5) is 4.39 Å². The lowest BCUT2D eigenvalue weighted by Gasteiger charge is -2.46. The van der Waals surface area contributed by atoms with Gasteiger partial charge in [-0.2, -0.15) is 10.2 Å². The number of rotatable bonds is 4. The molecule has 1 fully saturated rings. The van der Waals surface area contributed by atoms with Gasteiger partial charge in [-0.25, -0.2) is 13.9 Å². The van der Waals surface area contributed by atoms with Crippen molar-refractivity contribution in [2.24, 2.45) is 0 Å². The Hall–Kier alpha value is -4.21. The molecule has 9 nitrogen and oxygen atoms in total. The summed E-state index contributed by atoms with van der Waals surface area (Å²) in [7, 11) is 0. The molecule has 0 bridgehead atoms. The van der Waals surface area contributed by atoms with Gasteiger partial charge in [0.05, 0.1) is 17.4 Å². The topological polar surface area (TPSA) is 96.6 Å². The van der Waals surface area contributed by atoms with Crippen LogP contribution < -0.4 is 0 Å². The normalized spacial score (nSPS) is 15.4. The minimum absolute atomic E-state index is 0.127. The molecule has 37 heavy (non-hydrogen) atoms. The van der Waals surface area contributed by atoms with Gasteiger partial charge in [0.2, 0.25) is 0 Å². The molecule has 0 atom stereocenters. The first-order chi connectivity index (χ1) is 17.6. The standard InChI is InChI=1S/C27H28FN7O2/c1-17(2)20-14-22(18-7-9-19(28)10-8-18)32-35-15-23(30-24(20)35)26(37)34-13-12-33(16-27(34,3)4)25(36)21-6-5-11-29-31-21/h5-11,14-15,17H,12-13,16H2,1-4H3. The Morgan fingerprint density at radius 2 is 1.78 bits per heavy atom. The molecule has 0 aliphatic carbocycles. The van der Waals surface area contributed by atoms with Crippen molar-refractivity contribution in [1.29, 1.82) is 0 Å². The largest absolute Gasteiger partial charge is 0.333 e. The third-order valence-corrected chi connectivity index (χ3v) is 6.66. The second-order valence-electron chi connectivity index (χ2n) is 10.1. The maximum atomic E-state index is 13.7. The SMILES string of the molecule is CC(C)c1cc(-c2ccc(F)cc2)nn2cc(C(=O)N3CCN(C(=O)c4cccnn4)CC3(C)C)nc12. The van der Waals surface area contributed by atoms with E-state index in [4.69, 9.17) is 0 Å². The van der Waals surface area contributed by atoms with E-state index in [9.17, 15) is 14.0 Å². The zero-order valence-electron chi connectivity index (χ0n) is 21.2. The molecule has 0 spiro atoms. The van der Waals surface area contributed by atoms with Gasteiger partial charge in [-0.15, -0.1) is 5.10 Å². The number of imidazole rings is 1. The number of benzene rings is 1. The van der Waals surface area contributed by atoms with Crippen LogP contribution in [-0.2, 0) is 0 Å². The first-order valence-corrected chi connectivity index (χ1v) is 12.2. The van der Waals surface area contributed by atoms with Gasteiger partial charge in [-0.1, -0.05) is 13.8 Å². The van der Waals surface area contributed by atoms with E-state index >= 15 is 0 Å². The third-order valence-electron chi connectivity index (χ3n) is 6.66. The Bertz CT molecular complexity index is 1470. The van der Waals surface area contributed by atoms with Crippen molar-refractivity contribution in [3.05, 3.63) is 77.6 Å². The monoisotopic (exact) mass is 501 g/mol. The second-order valence-corrected chi connectivity index (χ2v) is 10.1. The molecule has 2 amide bonds. The maximum absolute atomic E-state index is 13.7. The summed E-state index contributed by atoms with van der Waals surface area (Å²) >= 11 is 0. The first kappa shape index (κ1) is 24.5. The van der Waals surface area contributed by atoms with Gasteiger partial charge in [0.25, 0.3) is 11.8 Å². The highest BCUT2D eigenvalue weighted by atomic mass is 19.1. The fraction of sp³-hybridized carbons (Fsp3) is 0.333. The zero-order chi connectivity index (χ0) is 26.3. The van der Waals surface area contributed by atoms with Crippen molar-refractivity contribution in [2.45, 2.75) is 39.2 Å². The molecule has 1 aliphatic rings. The fourth-order valence-electron chi connectivity index (χ4n) is 4.71. The van der Waals surface area contributed by atoms with Crippen LogP contribution in [-0.4, -0.2) is 71.6 Å². The van der Waals surface area contributed by atoms with E-state index in [1.54, 1.807) is 44.8 Å². The minimum Gasteiger partial charge on any atom is -0.333 e. The number of hydrogen-bond donors (Lipinski definition) is 0. The summed E-state index contributed by atoms with van der Waals surface area (Å²) < 4.78 is 15.1. The molecule has 190 valence electrons. The van der Waals surface area contributed by atoms with Crippen LogP contribution in [0.15, 0.2) is 54.9 Å². The van der Waals surface area contributed by atoms with Gasteiger partial charge in [-0.3, -0.25) is 9.59 Å². The summed E-state index contributed by atoms with van der Waals surface area (Å²) in [4.78, 5) is 34.7. The summed E-state index contributed by atoms with van der Waals surface area (Å²) in [5, 5.41) is 12.4. The molecule has 1 aliphatic heterocycles. The molecule has 1 aromatic carbocycles. The highest BCUT2D eigenvalue weighted by Gasteiger charge is 2.40. The van der Waals surface area contributed by atoms with Crippen LogP contribution in [0.25, 0.3) is 16.9 Å². The van der Waals surface area contributed by atoms with E-state index in [0.29, 0.717) is 31.0 Å². The molecule has 0 N–H and O–H groups in total. The van der Waals surface area contributed by atoms with Crippen molar-refractivity contribution in [2.75, 3.05) is 19.6 Å². The quantitative estimate of drug-likeness (QED) is 0.422. The van der Waals surface area contributed by atoms with E-state index < -0.39 is 5.54 Å². The van der Waals surface area contributed by atoms with Crippen molar-refractivity contribution >= 4 is 17.5 Å². The number of halogens is 1. The average Bonchev–Trinajstić information content (AvgIpc) is 3.32. The van der Waals surface area contributed by atoms with E-state index in [1.807, 2.05) is 19.9 Å². The number of amides is 2. The number of hydrogen-bond acceptors (Lipinski definition) is 6. The number of aromatic nitrogens is 5. The van der Waals surface area contributed by atoms with Gasteiger partial charge in [-0.05, 0) is 62.2 Å². The summed E-state index contributed by atoms with van der Waals surface area (Å²) in [6.45, 7) is 9.06. The fourth-order valence-corrected chi connectivity index (χ4v) is 4.71. The van der Waals surface area contributed by atoms with E-state index in [0.717, 1.165) is 11.1 Å². The lowest BCUT2D eigenvalue weighted by atomic mass is 9.98. The van der Waals surface area contributed by atoms with Crippen LogP contribution >= 0.6 is 0 Å². The van der Waals surface area contributed by atoms with Crippen molar-refractivity contribution in [3.8, 4) is 11.3 Å².